The van der Waals surface area contributed by atoms with Gasteiger partial charge in [-0.05, 0) is 50.1 Å². The van der Waals surface area contributed by atoms with Crippen LogP contribution in [0.25, 0.3) is 0 Å². The summed E-state index contributed by atoms with van der Waals surface area (Å²) in [5.74, 6) is 0. The van der Waals surface area contributed by atoms with Crippen LogP contribution in [0.3, 0.4) is 0 Å². The quantitative estimate of drug-likeness (QED) is 0.891. The maximum Gasteiger partial charge on any atom is 0.0570 e. The predicted octanol–water partition coefficient (Wildman–Crippen LogP) is 4.02. The zero-order valence-electron chi connectivity index (χ0n) is 11.3. The SMILES string of the molecule is CC(Cc1cccc(Cl)c1)NC(C)c1ccccn1. The highest BCUT2D eigenvalue weighted by Gasteiger charge is 2.10. The first-order chi connectivity index (χ1) is 9.15. The minimum Gasteiger partial charge on any atom is -0.306 e. The van der Waals surface area contributed by atoms with E-state index in [2.05, 4.69) is 30.2 Å². The number of aromatic nitrogens is 1. The molecule has 0 aliphatic carbocycles. The van der Waals surface area contributed by atoms with Crippen molar-refractivity contribution < 1.29 is 0 Å². The van der Waals surface area contributed by atoms with Crippen molar-refractivity contribution in [2.24, 2.45) is 0 Å². The third-order valence-electron chi connectivity index (χ3n) is 3.10. The zero-order valence-corrected chi connectivity index (χ0v) is 12.1. The third-order valence-corrected chi connectivity index (χ3v) is 3.33. The van der Waals surface area contributed by atoms with Crippen molar-refractivity contribution in [2.75, 3.05) is 0 Å². The van der Waals surface area contributed by atoms with E-state index < -0.39 is 0 Å². The third kappa shape index (κ3) is 4.34. The van der Waals surface area contributed by atoms with Crippen molar-refractivity contribution in [1.82, 2.24) is 10.3 Å². The van der Waals surface area contributed by atoms with Crippen LogP contribution < -0.4 is 5.32 Å². The first kappa shape index (κ1) is 14.0. The van der Waals surface area contributed by atoms with Gasteiger partial charge in [-0.3, -0.25) is 4.98 Å². The van der Waals surface area contributed by atoms with Crippen LogP contribution in [0.1, 0.15) is 31.1 Å². The van der Waals surface area contributed by atoms with E-state index >= 15 is 0 Å². The van der Waals surface area contributed by atoms with Gasteiger partial charge in [-0.2, -0.15) is 0 Å². The lowest BCUT2D eigenvalue weighted by atomic mass is 10.1. The van der Waals surface area contributed by atoms with Crippen molar-refractivity contribution in [3.05, 3.63) is 64.9 Å². The fraction of sp³-hybridized carbons (Fsp3) is 0.312. The fourth-order valence-corrected chi connectivity index (χ4v) is 2.43. The van der Waals surface area contributed by atoms with Gasteiger partial charge in [0.1, 0.15) is 0 Å². The second kappa shape index (κ2) is 6.69. The summed E-state index contributed by atoms with van der Waals surface area (Å²) in [6.07, 6.45) is 2.78. The number of nitrogens with zero attached hydrogens (tertiary/aromatic N) is 1. The van der Waals surface area contributed by atoms with E-state index in [0.29, 0.717) is 6.04 Å². The summed E-state index contributed by atoms with van der Waals surface area (Å²) in [5, 5.41) is 4.35. The van der Waals surface area contributed by atoms with Crippen molar-refractivity contribution in [3.8, 4) is 0 Å². The number of benzene rings is 1. The molecule has 1 heterocycles. The molecule has 2 atom stereocenters. The van der Waals surface area contributed by atoms with Gasteiger partial charge >= 0.3 is 0 Å². The average Bonchev–Trinajstić information content (AvgIpc) is 2.39. The summed E-state index contributed by atoms with van der Waals surface area (Å²) in [6, 6.07) is 14.6. The molecule has 0 amide bonds. The summed E-state index contributed by atoms with van der Waals surface area (Å²) in [5.41, 5.74) is 2.32. The summed E-state index contributed by atoms with van der Waals surface area (Å²) >= 11 is 6.00. The van der Waals surface area contributed by atoms with E-state index in [1.54, 1.807) is 0 Å². The van der Waals surface area contributed by atoms with E-state index in [-0.39, 0.29) is 6.04 Å². The van der Waals surface area contributed by atoms with Crippen LogP contribution in [0.4, 0.5) is 0 Å². The van der Waals surface area contributed by atoms with Crippen LogP contribution in [0.5, 0.6) is 0 Å². The minimum absolute atomic E-state index is 0.246. The summed E-state index contributed by atoms with van der Waals surface area (Å²) in [4.78, 5) is 4.37. The molecule has 0 fully saturated rings. The van der Waals surface area contributed by atoms with Crippen molar-refractivity contribution >= 4 is 11.6 Å². The molecular formula is C16H19ClN2. The monoisotopic (exact) mass is 274 g/mol. The van der Waals surface area contributed by atoms with Gasteiger partial charge in [0.15, 0.2) is 0 Å². The van der Waals surface area contributed by atoms with Crippen LogP contribution in [-0.2, 0) is 6.42 Å². The molecule has 0 spiro atoms. The van der Waals surface area contributed by atoms with Gasteiger partial charge < -0.3 is 5.32 Å². The lowest BCUT2D eigenvalue weighted by Crippen LogP contribution is -2.31. The highest BCUT2D eigenvalue weighted by atomic mass is 35.5. The largest absolute Gasteiger partial charge is 0.306 e. The Kier molecular flexibility index (Phi) is 4.94. The Hall–Kier alpha value is -1.38. The smallest absolute Gasteiger partial charge is 0.0570 e. The molecule has 2 unspecified atom stereocenters. The summed E-state index contributed by atoms with van der Waals surface area (Å²) in [7, 11) is 0. The molecule has 2 aromatic rings. The second-order valence-electron chi connectivity index (χ2n) is 4.88. The standard InChI is InChI=1S/C16H19ClN2/c1-12(10-14-6-5-7-15(17)11-14)19-13(2)16-8-3-4-9-18-16/h3-9,11-13,19H,10H2,1-2H3. The highest BCUT2D eigenvalue weighted by Crippen LogP contribution is 2.14. The Bertz CT molecular complexity index is 513. The van der Waals surface area contributed by atoms with Crippen LogP contribution in [0.2, 0.25) is 5.02 Å². The molecule has 1 aromatic carbocycles. The van der Waals surface area contributed by atoms with Crippen LogP contribution in [0.15, 0.2) is 48.7 Å². The molecule has 3 heteroatoms. The number of hydrogen-bond donors (Lipinski definition) is 1. The molecule has 0 saturated carbocycles. The number of rotatable bonds is 5. The maximum absolute atomic E-state index is 6.00. The van der Waals surface area contributed by atoms with Gasteiger partial charge in [0.25, 0.3) is 0 Å². The van der Waals surface area contributed by atoms with E-state index in [1.807, 2.05) is 42.6 Å². The van der Waals surface area contributed by atoms with Gasteiger partial charge in [0, 0.05) is 23.3 Å². The number of pyridine rings is 1. The molecule has 1 aromatic heterocycles. The van der Waals surface area contributed by atoms with Crippen LogP contribution in [-0.4, -0.2) is 11.0 Å². The van der Waals surface area contributed by atoms with Gasteiger partial charge in [0.05, 0.1) is 5.69 Å². The first-order valence-corrected chi connectivity index (χ1v) is 6.94. The Morgan fingerprint density at radius 1 is 1.16 bits per heavy atom. The molecule has 2 rings (SSSR count). The van der Waals surface area contributed by atoms with Crippen LogP contribution in [0, 0.1) is 0 Å². The Morgan fingerprint density at radius 2 is 2.00 bits per heavy atom. The van der Waals surface area contributed by atoms with E-state index in [4.69, 9.17) is 11.6 Å². The Morgan fingerprint density at radius 3 is 2.68 bits per heavy atom. The zero-order chi connectivity index (χ0) is 13.7. The summed E-state index contributed by atoms with van der Waals surface area (Å²) in [6.45, 7) is 4.32. The van der Waals surface area contributed by atoms with E-state index in [9.17, 15) is 0 Å². The normalized spacial score (nSPS) is 14.1. The average molecular weight is 275 g/mol. The van der Waals surface area contributed by atoms with Gasteiger partial charge in [-0.1, -0.05) is 29.8 Å². The van der Waals surface area contributed by atoms with Crippen molar-refractivity contribution in [3.63, 3.8) is 0 Å². The molecule has 100 valence electrons. The summed E-state index contributed by atoms with van der Waals surface area (Å²) < 4.78 is 0. The molecule has 0 saturated heterocycles. The van der Waals surface area contributed by atoms with Gasteiger partial charge in [-0.25, -0.2) is 0 Å². The van der Waals surface area contributed by atoms with Crippen LogP contribution >= 0.6 is 11.6 Å². The lowest BCUT2D eigenvalue weighted by molar-refractivity contribution is 0.470. The Balaban J connectivity index is 1.92. The molecule has 0 aliphatic rings. The van der Waals surface area contributed by atoms with Crippen molar-refractivity contribution in [1.29, 1.82) is 0 Å². The molecular weight excluding hydrogens is 256 g/mol. The first-order valence-electron chi connectivity index (χ1n) is 6.56. The Labute approximate surface area is 119 Å². The van der Waals surface area contributed by atoms with E-state index in [1.165, 1.54) is 5.56 Å². The predicted molar refractivity (Wildman–Crippen MR) is 80.4 cm³/mol. The highest BCUT2D eigenvalue weighted by molar-refractivity contribution is 6.30. The van der Waals surface area contributed by atoms with Crippen molar-refractivity contribution in [2.45, 2.75) is 32.4 Å². The maximum atomic E-state index is 6.00. The molecule has 0 radical (unpaired) electrons. The fourth-order valence-electron chi connectivity index (χ4n) is 2.22. The second-order valence-corrected chi connectivity index (χ2v) is 5.31. The number of halogens is 1. The lowest BCUT2D eigenvalue weighted by Gasteiger charge is -2.19. The minimum atomic E-state index is 0.246. The molecule has 2 nitrogen and oxygen atoms in total. The van der Waals surface area contributed by atoms with E-state index in [0.717, 1.165) is 17.1 Å². The molecule has 0 aliphatic heterocycles. The van der Waals surface area contributed by atoms with Gasteiger partial charge in [0.2, 0.25) is 0 Å². The number of nitrogens with one attached hydrogen (secondary N) is 1. The topological polar surface area (TPSA) is 24.9 Å². The molecule has 1 N–H and O–H groups in total. The molecule has 0 bridgehead atoms. The van der Waals surface area contributed by atoms with Gasteiger partial charge in [-0.15, -0.1) is 0 Å². The molecule has 19 heavy (non-hydrogen) atoms. The number of hydrogen-bond acceptors (Lipinski definition) is 2.